The molecule has 3 aromatic carbocycles. The van der Waals surface area contributed by atoms with E-state index in [9.17, 15) is 13.6 Å². The van der Waals surface area contributed by atoms with Crippen molar-refractivity contribution in [2.75, 3.05) is 49.2 Å². The van der Waals surface area contributed by atoms with Gasteiger partial charge in [-0.1, -0.05) is 6.92 Å². The number of rotatable bonds is 11. The van der Waals surface area contributed by atoms with E-state index in [1.165, 1.54) is 27.8 Å². The Kier molecular flexibility index (Phi) is 9.38. The molecule has 0 radical (unpaired) electrons. The van der Waals surface area contributed by atoms with E-state index < -0.39 is 23.5 Å². The predicted octanol–water partition coefficient (Wildman–Crippen LogP) is 4.86. The van der Waals surface area contributed by atoms with Gasteiger partial charge in [0.15, 0.2) is 0 Å². The minimum atomic E-state index is -1.52. The molecule has 2 aliphatic heterocycles. The van der Waals surface area contributed by atoms with Gasteiger partial charge >= 0.3 is 5.69 Å². The topological polar surface area (TPSA) is 105 Å². The van der Waals surface area contributed by atoms with Crippen molar-refractivity contribution in [2.45, 2.75) is 51.7 Å². The molecule has 5 aromatic rings. The van der Waals surface area contributed by atoms with Crippen LogP contribution in [0, 0.1) is 18.6 Å². The van der Waals surface area contributed by atoms with Gasteiger partial charge in [-0.2, -0.15) is 10.2 Å². The van der Waals surface area contributed by atoms with Gasteiger partial charge in [-0.3, -0.25) is 0 Å². The summed E-state index contributed by atoms with van der Waals surface area (Å²) in [6.07, 6.45) is 3.43. The van der Waals surface area contributed by atoms with Gasteiger partial charge in [0.25, 0.3) is 0 Å². The molecule has 2 fully saturated rings. The highest BCUT2D eigenvalue weighted by Gasteiger charge is 2.46. The van der Waals surface area contributed by atoms with Crippen LogP contribution < -0.4 is 20.2 Å². The van der Waals surface area contributed by atoms with Crippen molar-refractivity contribution in [3.63, 3.8) is 0 Å². The van der Waals surface area contributed by atoms with Crippen LogP contribution >= 0.6 is 0 Å². The van der Waals surface area contributed by atoms with Crippen molar-refractivity contribution in [2.24, 2.45) is 0 Å². The number of anilines is 2. The van der Waals surface area contributed by atoms with E-state index in [2.05, 4.69) is 37.1 Å². The van der Waals surface area contributed by atoms with E-state index in [0.717, 1.165) is 55.7 Å². The zero-order valence-corrected chi connectivity index (χ0v) is 28.3. The second-order valence-corrected chi connectivity index (χ2v) is 12.7. The van der Waals surface area contributed by atoms with E-state index in [4.69, 9.17) is 14.2 Å². The summed E-state index contributed by atoms with van der Waals surface area (Å²) >= 11 is 0. The molecule has 50 heavy (non-hydrogen) atoms. The average Bonchev–Trinajstić information content (AvgIpc) is 3.85. The third-order valence-corrected chi connectivity index (χ3v) is 9.33. The van der Waals surface area contributed by atoms with Crippen molar-refractivity contribution < 1.29 is 23.0 Å². The molecule has 0 amide bonds. The van der Waals surface area contributed by atoms with E-state index in [1.807, 2.05) is 50.2 Å². The molecule has 0 aliphatic carbocycles. The first-order valence-electron chi connectivity index (χ1n) is 16.8. The largest absolute Gasteiger partial charge is 0.491 e. The summed E-state index contributed by atoms with van der Waals surface area (Å²) < 4.78 is 51.7. The van der Waals surface area contributed by atoms with Gasteiger partial charge in [-0.25, -0.2) is 32.5 Å². The molecule has 262 valence electrons. The standard InChI is InChI=1S/C36H40F2N8O4/c1-4-25(2)46-35(47)45(24-40-46)30-8-6-28(7-9-30)42-15-17-43(18-16-42)29-10-12-31(13-11-29)48-20-32-21-49-36(50-32,22-44-23-39-26(3)41-44)33-14-5-27(37)19-34(33)38/h5-14,19,23-25,32H,4,15-18,20-22H2,1-3H3/t25?,32-,36-/m1/s1. The third-order valence-electron chi connectivity index (χ3n) is 9.33. The Morgan fingerprint density at radius 1 is 0.940 bits per heavy atom. The molecule has 0 bridgehead atoms. The second kappa shape index (κ2) is 14.0. The Bertz CT molecular complexity index is 1970. The van der Waals surface area contributed by atoms with Gasteiger partial charge < -0.3 is 24.0 Å². The molecule has 14 heteroatoms. The van der Waals surface area contributed by atoms with Crippen LogP contribution in [0.25, 0.3) is 5.69 Å². The number of halogens is 2. The van der Waals surface area contributed by atoms with E-state index in [1.54, 1.807) is 17.8 Å². The number of hydrogen-bond acceptors (Lipinski definition) is 9. The number of ether oxygens (including phenoxy) is 3. The zero-order valence-electron chi connectivity index (χ0n) is 28.3. The normalized spacial score (nSPS) is 20.0. The maximum atomic E-state index is 15.0. The van der Waals surface area contributed by atoms with E-state index in [0.29, 0.717) is 11.6 Å². The van der Waals surface area contributed by atoms with Crippen LogP contribution in [0.1, 0.15) is 37.7 Å². The smallest absolute Gasteiger partial charge is 0.350 e. The number of nitrogens with zero attached hydrogens (tertiary/aromatic N) is 8. The fourth-order valence-corrected chi connectivity index (χ4v) is 6.39. The maximum Gasteiger partial charge on any atom is 0.350 e. The summed E-state index contributed by atoms with van der Waals surface area (Å²) in [5.41, 5.74) is 2.95. The molecule has 0 saturated carbocycles. The van der Waals surface area contributed by atoms with Gasteiger partial charge in [-0.15, -0.1) is 0 Å². The highest BCUT2D eigenvalue weighted by molar-refractivity contribution is 5.54. The summed E-state index contributed by atoms with van der Waals surface area (Å²) in [6, 6.07) is 19.3. The van der Waals surface area contributed by atoms with Gasteiger partial charge in [0.05, 0.1) is 18.3 Å². The first-order chi connectivity index (χ1) is 24.2. The molecule has 3 atom stereocenters. The van der Waals surface area contributed by atoms with Crippen molar-refractivity contribution in [1.29, 1.82) is 0 Å². The molecular formula is C36H40F2N8O4. The van der Waals surface area contributed by atoms with E-state index in [-0.39, 0.29) is 37.1 Å². The van der Waals surface area contributed by atoms with Crippen molar-refractivity contribution in [3.05, 3.63) is 113 Å². The van der Waals surface area contributed by atoms with Crippen molar-refractivity contribution >= 4 is 11.4 Å². The van der Waals surface area contributed by atoms with Crippen molar-refractivity contribution in [1.82, 2.24) is 29.1 Å². The van der Waals surface area contributed by atoms with Crippen LogP contribution in [-0.4, -0.2) is 74.6 Å². The molecule has 2 saturated heterocycles. The maximum absolute atomic E-state index is 15.0. The molecule has 12 nitrogen and oxygen atoms in total. The lowest BCUT2D eigenvalue weighted by Crippen LogP contribution is -2.46. The third kappa shape index (κ3) is 6.85. The fourth-order valence-electron chi connectivity index (χ4n) is 6.39. The molecule has 2 aliphatic rings. The lowest BCUT2D eigenvalue weighted by atomic mass is 10.0. The SMILES string of the molecule is CCC(C)n1ncn(-c2ccc(N3CCN(c4ccc(OC[C@@H]5CO[C@@](Cn6cnc(C)n6)(c6ccc(F)cc6F)O5)cc4)CC3)cc2)c1=O. The highest BCUT2D eigenvalue weighted by Crippen LogP contribution is 2.38. The molecule has 4 heterocycles. The second-order valence-electron chi connectivity index (χ2n) is 12.7. The number of hydrogen-bond donors (Lipinski definition) is 0. The van der Waals surface area contributed by atoms with Crippen LogP contribution in [0.4, 0.5) is 20.2 Å². The molecule has 7 rings (SSSR count). The molecular weight excluding hydrogens is 646 g/mol. The molecule has 0 spiro atoms. The Labute approximate surface area is 288 Å². The summed E-state index contributed by atoms with van der Waals surface area (Å²) in [5, 5.41) is 8.59. The quantitative estimate of drug-likeness (QED) is 0.193. The number of aryl methyl sites for hydroxylation is 1. The van der Waals surface area contributed by atoms with Gasteiger partial charge in [0.2, 0.25) is 5.79 Å². The Balaban J connectivity index is 0.929. The molecule has 2 aromatic heterocycles. The van der Waals surface area contributed by atoms with Crippen LogP contribution in [0.3, 0.4) is 0 Å². The molecule has 1 unspecified atom stereocenters. The summed E-state index contributed by atoms with van der Waals surface area (Å²) in [5.74, 6) is -1.75. The zero-order chi connectivity index (χ0) is 34.8. The van der Waals surface area contributed by atoms with E-state index >= 15 is 0 Å². The first kappa shape index (κ1) is 33.4. The number of aromatic nitrogens is 6. The Hall–Kier alpha value is -5.08. The Morgan fingerprint density at radius 3 is 2.22 bits per heavy atom. The minimum Gasteiger partial charge on any atom is -0.491 e. The van der Waals surface area contributed by atoms with Gasteiger partial charge in [-0.05, 0) is 80.9 Å². The van der Waals surface area contributed by atoms with Crippen molar-refractivity contribution in [3.8, 4) is 11.4 Å². The van der Waals surface area contributed by atoms with Gasteiger partial charge in [0, 0.05) is 49.2 Å². The highest BCUT2D eigenvalue weighted by atomic mass is 19.1. The molecule has 0 N–H and O–H groups in total. The summed E-state index contributed by atoms with van der Waals surface area (Å²) in [7, 11) is 0. The average molecular weight is 687 g/mol. The lowest BCUT2D eigenvalue weighted by molar-refractivity contribution is -0.192. The number of benzene rings is 3. The Morgan fingerprint density at radius 2 is 1.60 bits per heavy atom. The van der Waals surface area contributed by atoms with Crippen LogP contribution in [0.2, 0.25) is 0 Å². The lowest BCUT2D eigenvalue weighted by Gasteiger charge is -2.37. The monoisotopic (exact) mass is 686 g/mol. The van der Waals surface area contributed by atoms with Crippen LogP contribution in [0.15, 0.2) is 84.2 Å². The minimum absolute atomic E-state index is 0.0342. The predicted molar refractivity (Wildman–Crippen MR) is 183 cm³/mol. The van der Waals surface area contributed by atoms with Crippen LogP contribution in [-0.2, 0) is 21.8 Å². The number of piperazine rings is 1. The summed E-state index contributed by atoms with van der Waals surface area (Å²) in [6.45, 7) is 9.54. The summed E-state index contributed by atoms with van der Waals surface area (Å²) in [4.78, 5) is 21.6. The fraction of sp³-hybridized carbons (Fsp3) is 0.389. The van der Waals surface area contributed by atoms with Gasteiger partial charge in [0.1, 0.15) is 55.1 Å². The first-order valence-corrected chi connectivity index (χ1v) is 16.8. The van der Waals surface area contributed by atoms with Crippen LogP contribution in [0.5, 0.6) is 5.75 Å².